The van der Waals surface area contributed by atoms with Crippen molar-refractivity contribution in [2.24, 2.45) is 0 Å². The summed E-state index contributed by atoms with van der Waals surface area (Å²) in [6, 6.07) is 8.30. The fourth-order valence-electron chi connectivity index (χ4n) is 3.04. The molecule has 1 unspecified atom stereocenters. The minimum Gasteiger partial charge on any atom is -0.377 e. The minimum atomic E-state index is 0.0474. The first kappa shape index (κ1) is 15.4. The van der Waals surface area contributed by atoms with E-state index in [-0.39, 0.29) is 5.92 Å². The van der Waals surface area contributed by atoms with Gasteiger partial charge >= 0.3 is 0 Å². The molecule has 2 aliphatic rings. The van der Waals surface area contributed by atoms with Crippen LogP contribution < -0.4 is 0 Å². The summed E-state index contributed by atoms with van der Waals surface area (Å²) >= 11 is 5.18. The number of hydrogen-bond acceptors (Lipinski definition) is 3. The van der Waals surface area contributed by atoms with Crippen LogP contribution >= 0.6 is 27.7 Å². The molecule has 1 aromatic rings. The summed E-state index contributed by atoms with van der Waals surface area (Å²) in [6.45, 7) is 2.41. The second kappa shape index (κ2) is 7.16. The number of carbonyl (C=O) groups excluding carboxylic acids is 1. The number of halogens is 1. The van der Waals surface area contributed by atoms with Crippen LogP contribution in [0.1, 0.15) is 24.3 Å². The van der Waals surface area contributed by atoms with E-state index in [1.165, 1.54) is 10.5 Å². The summed E-state index contributed by atoms with van der Waals surface area (Å²) in [5.74, 6) is 1.23. The minimum absolute atomic E-state index is 0.0474. The lowest BCUT2D eigenvalue weighted by atomic mass is 9.98. The molecular formula is C16H20BrNO2S. The number of piperidine rings is 1. The Morgan fingerprint density at radius 3 is 2.86 bits per heavy atom. The van der Waals surface area contributed by atoms with E-state index in [0.717, 1.165) is 43.6 Å². The monoisotopic (exact) mass is 369 g/mol. The van der Waals surface area contributed by atoms with Gasteiger partial charge in [0.05, 0.1) is 18.6 Å². The molecule has 0 radical (unpaired) electrons. The number of benzene rings is 1. The van der Waals surface area contributed by atoms with Gasteiger partial charge in [-0.25, -0.2) is 0 Å². The van der Waals surface area contributed by atoms with Crippen molar-refractivity contribution >= 4 is 33.6 Å². The number of likely N-dealkylation sites (tertiary alicyclic amines) is 1. The van der Waals surface area contributed by atoms with E-state index in [1.807, 2.05) is 17.0 Å². The summed E-state index contributed by atoms with van der Waals surface area (Å²) in [4.78, 5) is 16.0. The second-order valence-corrected chi connectivity index (χ2v) is 7.34. The van der Waals surface area contributed by atoms with Crippen molar-refractivity contribution < 1.29 is 9.53 Å². The van der Waals surface area contributed by atoms with Crippen LogP contribution in [0.3, 0.4) is 0 Å². The van der Waals surface area contributed by atoms with Crippen molar-refractivity contribution in [3.05, 3.63) is 29.8 Å². The zero-order valence-electron chi connectivity index (χ0n) is 12.0. The van der Waals surface area contributed by atoms with Crippen LogP contribution in [0.2, 0.25) is 0 Å². The molecule has 1 saturated heterocycles. The molecule has 0 saturated carbocycles. The van der Waals surface area contributed by atoms with E-state index in [0.29, 0.717) is 12.0 Å². The van der Waals surface area contributed by atoms with Gasteiger partial charge in [-0.05, 0) is 24.5 Å². The first-order chi connectivity index (χ1) is 10.3. The maximum atomic E-state index is 12.7. The Bertz CT molecular complexity index is 503. The highest BCUT2D eigenvalue weighted by molar-refractivity contribution is 9.09. The fraction of sp³-hybridized carbons (Fsp3) is 0.562. The maximum absolute atomic E-state index is 12.7. The second-order valence-electron chi connectivity index (χ2n) is 5.49. The number of carbonyl (C=O) groups is 1. The van der Waals surface area contributed by atoms with Crippen LogP contribution in [0.15, 0.2) is 29.2 Å². The molecule has 2 aliphatic heterocycles. The molecule has 0 aliphatic carbocycles. The highest BCUT2D eigenvalue weighted by atomic mass is 79.9. The number of alkyl halides is 1. The standard InChI is InChI=1S/C16H20BrNO2S/c17-7-10-20-12-5-8-18(9-6-12)16(19)14-11-21-15-4-2-1-3-13(14)15/h1-4,12,14H,5-11H2. The Labute approximate surface area is 138 Å². The summed E-state index contributed by atoms with van der Waals surface area (Å²) in [7, 11) is 0. The Morgan fingerprint density at radius 1 is 1.33 bits per heavy atom. The molecule has 0 N–H and O–H groups in total. The average Bonchev–Trinajstić information content (AvgIpc) is 2.97. The highest BCUT2D eigenvalue weighted by Gasteiger charge is 2.33. The van der Waals surface area contributed by atoms with Crippen molar-refractivity contribution in [2.75, 3.05) is 30.8 Å². The van der Waals surface area contributed by atoms with Crippen LogP contribution in [0.4, 0.5) is 0 Å². The Morgan fingerprint density at radius 2 is 2.10 bits per heavy atom. The quantitative estimate of drug-likeness (QED) is 0.762. The first-order valence-corrected chi connectivity index (χ1v) is 9.58. The summed E-state index contributed by atoms with van der Waals surface area (Å²) in [5.41, 5.74) is 1.21. The number of amides is 1. The van der Waals surface area contributed by atoms with Crippen LogP contribution in [0.5, 0.6) is 0 Å². The third-order valence-corrected chi connectivity index (χ3v) is 5.69. The van der Waals surface area contributed by atoms with E-state index in [2.05, 4.69) is 28.1 Å². The fourth-order valence-corrected chi connectivity index (χ4v) is 4.45. The smallest absolute Gasteiger partial charge is 0.231 e. The normalized spacial score (nSPS) is 22.3. The molecule has 5 heteroatoms. The van der Waals surface area contributed by atoms with Gasteiger partial charge in [0.15, 0.2) is 0 Å². The SMILES string of the molecule is O=C(C1CSc2ccccc21)N1CCC(OCCBr)CC1. The van der Waals surface area contributed by atoms with E-state index in [1.54, 1.807) is 11.8 Å². The molecule has 1 fully saturated rings. The highest BCUT2D eigenvalue weighted by Crippen LogP contribution is 2.40. The van der Waals surface area contributed by atoms with Crippen LogP contribution in [0.25, 0.3) is 0 Å². The predicted octanol–water partition coefficient (Wildman–Crippen LogP) is 3.28. The number of nitrogens with zero attached hydrogens (tertiary/aromatic N) is 1. The maximum Gasteiger partial charge on any atom is 0.231 e. The number of rotatable bonds is 4. The number of ether oxygens (including phenoxy) is 1. The van der Waals surface area contributed by atoms with Crippen molar-refractivity contribution in [3.63, 3.8) is 0 Å². The van der Waals surface area contributed by atoms with Crippen LogP contribution in [-0.4, -0.2) is 47.7 Å². The molecular weight excluding hydrogens is 350 g/mol. The van der Waals surface area contributed by atoms with Gasteiger partial charge in [0, 0.05) is 29.1 Å². The van der Waals surface area contributed by atoms with Crippen LogP contribution in [0, 0.1) is 0 Å². The average molecular weight is 370 g/mol. The van der Waals surface area contributed by atoms with Gasteiger partial charge < -0.3 is 9.64 Å². The van der Waals surface area contributed by atoms with Crippen molar-refractivity contribution in [3.8, 4) is 0 Å². The van der Waals surface area contributed by atoms with Gasteiger partial charge in [0.1, 0.15) is 0 Å². The van der Waals surface area contributed by atoms with E-state index in [9.17, 15) is 4.79 Å². The Kier molecular flexibility index (Phi) is 5.24. The third-order valence-electron chi connectivity index (χ3n) is 4.18. The van der Waals surface area contributed by atoms with Gasteiger partial charge in [-0.3, -0.25) is 4.79 Å². The number of fused-ring (bicyclic) bond motifs is 1. The predicted molar refractivity (Wildman–Crippen MR) is 89.3 cm³/mol. The van der Waals surface area contributed by atoms with Gasteiger partial charge in [0.2, 0.25) is 5.91 Å². The molecule has 1 aromatic carbocycles. The summed E-state index contributed by atoms with van der Waals surface area (Å²) in [5, 5.41) is 0.877. The Balaban J connectivity index is 1.58. The molecule has 0 bridgehead atoms. The van der Waals surface area contributed by atoms with E-state index < -0.39 is 0 Å². The lowest BCUT2D eigenvalue weighted by Gasteiger charge is -2.33. The van der Waals surface area contributed by atoms with Crippen molar-refractivity contribution in [2.45, 2.75) is 29.8 Å². The lowest BCUT2D eigenvalue weighted by Crippen LogP contribution is -2.43. The zero-order valence-corrected chi connectivity index (χ0v) is 14.4. The van der Waals surface area contributed by atoms with Crippen molar-refractivity contribution in [1.29, 1.82) is 0 Å². The van der Waals surface area contributed by atoms with E-state index >= 15 is 0 Å². The zero-order chi connectivity index (χ0) is 14.7. The largest absolute Gasteiger partial charge is 0.377 e. The number of hydrogen-bond donors (Lipinski definition) is 0. The Hall–Kier alpha value is -0.520. The molecule has 1 atom stereocenters. The van der Waals surface area contributed by atoms with Crippen LogP contribution in [-0.2, 0) is 9.53 Å². The summed E-state index contributed by atoms with van der Waals surface area (Å²) < 4.78 is 5.75. The molecule has 114 valence electrons. The molecule has 21 heavy (non-hydrogen) atoms. The van der Waals surface area contributed by atoms with E-state index in [4.69, 9.17) is 4.74 Å². The van der Waals surface area contributed by atoms with Crippen molar-refractivity contribution in [1.82, 2.24) is 4.90 Å². The molecule has 0 aromatic heterocycles. The summed E-state index contributed by atoms with van der Waals surface area (Å²) in [6.07, 6.45) is 2.23. The third kappa shape index (κ3) is 3.46. The molecule has 0 spiro atoms. The lowest BCUT2D eigenvalue weighted by molar-refractivity contribution is -0.134. The molecule has 3 nitrogen and oxygen atoms in total. The van der Waals surface area contributed by atoms with Gasteiger partial charge in [-0.2, -0.15) is 0 Å². The van der Waals surface area contributed by atoms with Gasteiger partial charge in [-0.15, -0.1) is 11.8 Å². The molecule has 1 amide bonds. The number of thioether (sulfide) groups is 1. The van der Waals surface area contributed by atoms with Gasteiger partial charge in [0.25, 0.3) is 0 Å². The topological polar surface area (TPSA) is 29.5 Å². The van der Waals surface area contributed by atoms with Gasteiger partial charge in [-0.1, -0.05) is 34.1 Å². The molecule has 3 rings (SSSR count). The molecule has 2 heterocycles. The first-order valence-electron chi connectivity index (χ1n) is 7.47.